The minimum atomic E-state index is -0.0776. The summed E-state index contributed by atoms with van der Waals surface area (Å²) < 4.78 is 1.79. The first-order valence-corrected chi connectivity index (χ1v) is 6.63. The van der Waals surface area contributed by atoms with Crippen LogP contribution >= 0.6 is 0 Å². The lowest BCUT2D eigenvalue weighted by atomic mass is 10.1. The molecule has 100 valence electrons. The van der Waals surface area contributed by atoms with Crippen molar-refractivity contribution in [3.8, 4) is 0 Å². The summed E-state index contributed by atoms with van der Waals surface area (Å²) in [6.07, 6.45) is 2.33. The molecule has 0 saturated carbocycles. The summed E-state index contributed by atoms with van der Waals surface area (Å²) in [7, 11) is 1.88. The highest BCUT2D eigenvalue weighted by Gasteiger charge is 2.18. The molecule has 2 N–H and O–H groups in total. The van der Waals surface area contributed by atoms with Gasteiger partial charge in [-0.05, 0) is 31.4 Å². The normalized spacial score (nSPS) is 19.4. The van der Waals surface area contributed by atoms with Crippen molar-refractivity contribution >= 4 is 5.91 Å². The van der Waals surface area contributed by atoms with Gasteiger partial charge in [0.15, 0.2) is 0 Å². The van der Waals surface area contributed by atoms with Crippen molar-refractivity contribution < 1.29 is 4.79 Å². The molecule has 0 radical (unpaired) electrons. The lowest BCUT2D eigenvalue weighted by Crippen LogP contribution is -2.37. The summed E-state index contributed by atoms with van der Waals surface area (Å²) in [6, 6.07) is 2.30. The van der Waals surface area contributed by atoms with Crippen molar-refractivity contribution in [3.05, 3.63) is 17.5 Å². The molecule has 0 bridgehead atoms. The van der Waals surface area contributed by atoms with Gasteiger partial charge in [-0.2, -0.15) is 5.10 Å². The zero-order valence-corrected chi connectivity index (χ0v) is 11.4. The predicted octanol–water partition coefficient (Wildman–Crippen LogP) is 1.03. The van der Waals surface area contributed by atoms with Gasteiger partial charge in [0.05, 0.1) is 0 Å². The number of nitrogens with zero attached hydrogens (tertiary/aromatic N) is 2. The van der Waals surface area contributed by atoms with Crippen LogP contribution in [0.4, 0.5) is 0 Å². The fourth-order valence-corrected chi connectivity index (χ4v) is 2.37. The van der Waals surface area contributed by atoms with Gasteiger partial charge in [0.1, 0.15) is 5.69 Å². The number of carbonyl (C=O) groups is 1. The van der Waals surface area contributed by atoms with Crippen LogP contribution in [0.25, 0.3) is 0 Å². The molecule has 1 aromatic rings. The Hall–Kier alpha value is -1.36. The predicted molar refractivity (Wildman–Crippen MR) is 70.7 cm³/mol. The molecule has 0 aromatic carbocycles. The summed E-state index contributed by atoms with van der Waals surface area (Å²) >= 11 is 0. The van der Waals surface area contributed by atoms with Gasteiger partial charge in [-0.1, -0.05) is 13.8 Å². The van der Waals surface area contributed by atoms with Crippen LogP contribution in [0.1, 0.15) is 48.8 Å². The number of aryl methyl sites for hydroxylation is 1. The molecule has 1 fully saturated rings. The van der Waals surface area contributed by atoms with Crippen LogP contribution in [0.2, 0.25) is 0 Å². The van der Waals surface area contributed by atoms with Gasteiger partial charge in [-0.25, -0.2) is 0 Å². The van der Waals surface area contributed by atoms with Crippen LogP contribution in [0.3, 0.4) is 0 Å². The highest BCUT2D eigenvalue weighted by molar-refractivity contribution is 5.92. The Bertz CT molecular complexity index is 419. The first kappa shape index (κ1) is 13.1. The lowest BCUT2D eigenvalue weighted by molar-refractivity contribution is 0.0944. The average Bonchev–Trinajstić information content (AvgIpc) is 2.94. The van der Waals surface area contributed by atoms with E-state index >= 15 is 0 Å². The molecule has 1 aliphatic heterocycles. The summed E-state index contributed by atoms with van der Waals surface area (Å²) in [5.41, 5.74) is 1.60. The smallest absolute Gasteiger partial charge is 0.271 e. The summed E-state index contributed by atoms with van der Waals surface area (Å²) in [6.45, 7) is 5.94. The third-order valence-electron chi connectivity index (χ3n) is 3.41. The summed E-state index contributed by atoms with van der Waals surface area (Å²) in [5.74, 6) is 0.298. The summed E-state index contributed by atoms with van der Waals surface area (Å²) in [4.78, 5) is 12.0. The van der Waals surface area contributed by atoms with E-state index in [0.29, 0.717) is 24.2 Å². The van der Waals surface area contributed by atoms with E-state index in [9.17, 15) is 4.79 Å². The van der Waals surface area contributed by atoms with E-state index in [0.717, 1.165) is 18.7 Å². The van der Waals surface area contributed by atoms with E-state index in [-0.39, 0.29) is 5.91 Å². The molecule has 1 atom stereocenters. The maximum Gasteiger partial charge on any atom is 0.271 e. The zero-order valence-electron chi connectivity index (χ0n) is 11.4. The van der Waals surface area contributed by atoms with Crippen LogP contribution in [0, 0.1) is 0 Å². The molecule has 1 unspecified atom stereocenters. The van der Waals surface area contributed by atoms with Gasteiger partial charge in [-0.3, -0.25) is 9.48 Å². The van der Waals surface area contributed by atoms with Crippen LogP contribution in [-0.2, 0) is 7.05 Å². The SMILES string of the molecule is CC(C)c1cc(C(=O)NCC2CCCN2)nn1C. The molecule has 1 amide bonds. The van der Waals surface area contributed by atoms with Gasteiger partial charge in [0, 0.05) is 25.3 Å². The minimum absolute atomic E-state index is 0.0776. The van der Waals surface area contributed by atoms with Crippen molar-refractivity contribution in [1.29, 1.82) is 0 Å². The van der Waals surface area contributed by atoms with E-state index in [1.807, 2.05) is 13.1 Å². The number of aromatic nitrogens is 2. The Balaban J connectivity index is 1.93. The highest BCUT2D eigenvalue weighted by atomic mass is 16.1. The van der Waals surface area contributed by atoms with Crippen LogP contribution in [0.5, 0.6) is 0 Å². The first-order valence-electron chi connectivity index (χ1n) is 6.63. The Morgan fingerprint density at radius 1 is 1.67 bits per heavy atom. The van der Waals surface area contributed by atoms with Crippen LogP contribution in [0.15, 0.2) is 6.07 Å². The van der Waals surface area contributed by atoms with E-state index in [1.54, 1.807) is 4.68 Å². The second-order valence-corrected chi connectivity index (χ2v) is 5.24. The maximum absolute atomic E-state index is 12.0. The van der Waals surface area contributed by atoms with Crippen molar-refractivity contribution in [3.63, 3.8) is 0 Å². The Morgan fingerprint density at radius 2 is 2.44 bits per heavy atom. The molecule has 5 heteroatoms. The zero-order chi connectivity index (χ0) is 13.1. The largest absolute Gasteiger partial charge is 0.349 e. The van der Waals surface area contributed by atoms with Crippen LogP contribution in [-0.4, -0.2) is 34.8 Å². The highest BCUT2D eigenvalue weighted by Crippen LogP contribution is 2.14. The maximum atomic E-state index is 12.0. The number of carbonyl (C=O) groups excluding carboxylic acids is 1. The number of hydrogen-bond acceptors (Lipinski definition) is 3. The molecule has 1 saturated heterocycles. The lowest BCUT2D eigenvalue weighted by Gasteiger charge is -2.10. The number of amides is 1. The Morgan fingerprint density at radius 3 is 3.00 bits per heavy atom. The van der Waals surface area contributed by atoms with E-state index in [2.05, 4.69) is 29.6 Å². The third kappa shape index (κ3) is 2.90. The molecule has 1 aliphatic rings. The Labute approximate surface area is 108 Å². The average molecular weight is 250 g/mol. The molecular formula is C13H22N4O. The van der Waals surface area contributed by atoms with E-state index < -0.39 is 0 Å². The quantitative estimate of drug-likeness (QED) is 0.839. The summed E-state index contributed by atoms with van der Waals surface area (Å²) in [5, 5.41) is 10.6. The van der Waals surface area contributed by atoms with Gasteiger partial charge < -0.3 is 10.6 Å². The van der Waals surface area contributed by atoms with Gasteiger partial charge in [-0.15, -0.1) is 0 Å². The fraction of sp³-hybridized carbons (Fsp3) is 0.692. The van der Waals surface area contributed by atoms with Gasteiger partial charge >= 0.3 is 0 Å². The number of hydrogen-bond donors (Lipinski definition) is 2. The van der Waals surface area contributed by atoms with E-state index in [1.165, 1.54) is 6.42 Å². The van der Waals surface area contributed by atoms with Crippen molar-refractivity contribution in [2.24, 2.45) is 7.05 Å². The molecule has 2 rings (SSSR count). The molecule has 2 heterocycles. The molecule has 18 heavy (non-hydrogen) atoms. The fourth-order valence-electron chi connectivity index (χ4n) is 2.37. The first-order chi connectivity index (χ1) is 8.58. The molecule has 1 aromatic heterocycles. The molecular weight excluding hydrogens is 228 g/mol. The second-order valence-electron chi connectivity index (χ2n) is 5.24. The monoisotopic (exact) mass is 250 g/mol. The molecule has 5 nitrogen and oxygen atoms in total. The second kappa shape index (κ2) is 5.52. The number of nitrogens with one attached hydrogen (secondary N) is 2. The van der Waals surface area contributed by atoms with Gasteiger partial charge in [0.2, 0.25) is 0 Å². The molecule has 0 spiro atoms. The van der Waals surface area contributed by atoms with Crippen molar-refractivity contribution in [1.82, 2.24) is 20.4 Å². The third-order valence-corrected chi connectivity index (χ3v) is 3.41. The van der Waals surface area contributed by atoms with Crippen LogP contribution < -0.4 is 10.6 Å². The van der Waals surface area contributed by atoms with Gasteiger partial charge in [0.25, 0.3) is 5.91 Å². The molecule has 0 aliphatic carbocycles. The minimum Gasteiger partial charge on any atom is -0.349 e. The standard InChI is InChI=1S/C13H22N4O/c1-9(2)12-7-11(16-17(12)3)13(18)15-8-10-5-4-6-14-10/h7,9-10,14H,4-6,8H2,1-3H3,(H,15,18). The topological polar surface area (TPSA) is 59.0 Å². The van der Waals surface area contributed by atoms with E-state index in [4.69, 9.17) is 0 Å². The number of rotatable bonds is 4. The van der Waals surface area contributed by atoms with Crippen molar-refractivity contribution in [2.75, 3.05) is 13.1 Å². The van der Waals surface area contributed by atoms with Crippen molar-refractivity contribution in [2.45, 2.75) is 38.6 Å². The Kier molecular flexibility index (Phi) is 4.01.